The van der Waals surface area contributed by atoms with Crippen LogP contribution in [0.5, 0.6) is 0 Å². The highest BCUT2D eigenvalue weighted by atomic mass is 19.1. The molecule has 1 N–H and O–H groups in total. The summed E-state index contributed by atoms with van der Waals surface area (Å²) in [6.07, 6.45) is 0. The molecule has 0 unspecified atom stereocenters. The van der Waals surface area contributed by atoms with Crippen LogP contribution in [0.2, 0.25) is 0 Å². The summed E-state index contributed by atoms with van der Waals surface area (Å²) >= 11 is 0. The number of carbonyl (C=O) groups excluding carboxylic acids is 1. The molecule has 0 heterocycles. The van der Waals surface area contributed by atoms with Crippen molar-refractivity contribution in [2.24, 2.45) is 5.92 Å². The zero-order valence-corrected chi connectivity index (χ0v) is 8.60. The minimum atomic E-state index is -0.299. The Morgan fingerprint density at radius 2 is 2.07 bits per heavy atom. The fourth-order valence-electron chi connectivity index (χ4n) is 1.02. The van der Waals surface area contributed by atoms with Gasteiger partial charge in [0.1, 0.15) is 5.82 Å². The van der Waals surface area contributed by atoms with Gasteiger partial charge < -0.3 is 5.32 Å². The zero-order chi connectivity index (χ0) is 10.7. The molecule has 0 aliphatic heterocycles. The molecule has 2 nitrogen and oxygen atoms in total. The second-order valence-corrected chi connectivity index (χ2v) is 3.56. The lowest BCUT2D eigenvalue weighted by Crippen LogP contribution is -2.18. The maximum atomic E-state index is 13.1. The van der Waals surface area contributed by atoms with Crippen LogP contribution in [-0.2, 0) is 4.79 Å². The molecule has 0 spiro atoms. The first kappa shape index (κ1) is 10.7. The van der Waals surface area contributed by atoms with Crippen molar-refractivity contribution in [2.45, 2.75) is 20.8 Å². The first-order valence-electron chi connectivity index (χ1n) is 4.58. The van der Waals surface area contributed by atoms with E-state index in [1.165, 1.54) is 6.07 Å². The van der Waals surface area contributed by atoms with Crippen LogP contribution in [0.3, 0.4) is 0 Å². The van der Waals surface area contributed by atoms with E-state index in [1.54, 1.807) is 32.9 Å². The van der Waals surface area contributed by atoms with Crippen LogP contribution in [0.1, 0.15) is 19.4 Å². The number of amides is 1. The van der Waals surface area contributed by atoms with E-state index in [1.807, 2.05) is 0 Å². The lowest BCUT2D eigenvalue weighted by atomic mass is 10.1. The number of rotatable bonds is 2. The summed E-state index contributed by atoms with van der Waals surface area (Å²) in [4.78, 5) is 11.3. The molecule has 14 heavy (non-hydrogen) atoms. The van der Waals surface area contributed by atoms with Crippen molar-refractivity contribution in [2.75, 3.05) is 5.32 Å². The van der Waals surface area contributed by atoms with Crippen LogP contribution in [0.25, 0.3) is 0 Å². The normalized spacial score (nSPS) is 10.4. The molecule has 1 rings (SSSR count). The number of nitrogens with one attached hydrogen (secondary N) is 1. The third kappa shape index (κ3) is 2.31. The Hall–Kier alpha value is -1.38. The van der Waals surface area contributed by atoms with Crippen molar-refractivity contribution in [1.82, 2.24) is 0 Å². The quantitative estimate of drug-likeness (QED) is 0.772. The van der Waals surface area contributed by atoms with E-state index in [-0.39, 0.29) is 17.6 Å². The Kier molecular flexibility index (Phi) is 3.23. The molecule has 1 amide bonds. The van der Waals surface area contributed by atoms with Crippen molar-refractivity contribution in [3.8, 4) is 0 Å². The van der Waals surface area contributed by atoms with Crippen molar-refractivity contribution >= 4 is 11.6 Å². The summed E-state index contributed by atoms with van der Waals surface area (Å²) in [7, 11) is 0. The van der Waals surface area contributed by atoms with Crippen LogP contribution in [0.15, 0.2) is 18.2 Å². The van der Waals surface area contributed by atoms with Crippen LogP contribution in [0.4, 0.5) is 10.1 Å². The molecular weight excluding hydrogens is 181 g/mol. The number of benzene rings is 1. The highest BCUT2D eigenvalue weighted by molar-refractivity contribution is 5.92. The number of hydrogen-bond donors (Lipinski definition) is 1. The van der Waals surface area contributed by atoms with E-state index in [4.69, 9.17) is 0 Å². The van der Waals surface area contributed by atoms with E-state index < -0.39 is 0 Å². The maximum absolute atomic E-state index is 13.1. The SMILES string of the molecule is Cc1c(F)cccc1NC(=O)C(C)C. The minimum absolute atomic E-state index is 0.0984. The van der Waals surface area contributed by atoms with Gasteiger partial charge in [-0.05, 0) is 19.1 Å². The fraction of sp³-hybridized carbons (Fsp3) is 0.364. The standard InChI is InChI=1S/C11H14FNO/c1-7(2)11(14)13-10-6-4-5-9(12)8(10)3/h4-7H,1-3H3,(H,13,14). The Bertz CT molecular complexity index is 347. The molecular formula is C11H14FNO. The Morgan fingerprint density at radius 1 is 1.43 bits per heavy atom. The van der Waals surface area contributed by atoms with Crippen LogP contribution >= 0.6 is 0 Å². The van der Waals surface area contributed by atoms with Gasteiger partial charge in [-0.3, -0.25) is 4.79 Å². The molecule has 0 atom stereocenters. The van der Waals surface area contributed by atoms with Gasteiger partial charge in [-0.1, -0.05) is 19.9 Å². The first-order chi connectivity index (χ1) is 6.52. The summed E-state index contributed by atoms with van der Waals surface area (Å²) in [5.74, 6) is -0.497. The highest BCUT2D eigenvalue weighted by Gasteiger charge is 2.09. The van der Waals surface area contributed by atoms with Gasteiger partial charge in [0.05, 0.1) is 0 Å². The van der Waals surface area contributed by atoms with Crippen molar-refractivity contribution < 1.29 is 9.18 Å². The van der Waals surface area contributed by atoms with Crippen LogP contribution in [0, 0.1) is 18.7 Å². The van der Waals surface area contributed by atoms with Gasteiger partial charge in [0, 0.05) is 17.2 Å². The minimum Gasteiger partial charge on any atom is -0.326 e. The highest BCUT2D eigenvalue weighted by Crippen LogP contribution is 2.17. The number of anilines is 1. The van der Waals surface area contributed by atoms with Gasteiger partial charge in [0.15, 0.2) is 0 Å². The molecule has 0 aliphatic rings. The molecule has 1 aromatic carbocycles. The third-order valence-electron chi connectivity index (χ3n) is 2.05. The van der Waals surface area contributed by atoms with Gasteiger partial charge in [-0.2, -0.15) is 0 Å². The largest absolute Gasteiger partial charge is 0.326 e. The topological polar surface area (TPSA) is 29.1 Å². The Balaban J connectivity index is 2.87. The van der Waals surface area contributed by atoms with Crippen LogP contribution in [-0.4, -0.2) is 5.91 Å². The molecule has 0 saturated heterocycles. The van der Waals surface area contributed by atoms with E-state index in [0.29, 0.717) is 11.3 Å². The average Bonchev–Trinajstić information content (AvgIpc) is 2.12. The summed E-state index contributed by atoms with van der Waals surface area (Å²) in [5.41, 5.74) is 1.02. The molecule has 0 saturated carbocycles. The molecule has 3 heteroatoms. The second kappa shape index (κ2) is 4.22. The Morgan fingerprint density at radius 3 is 2.64 bits per heavy atom. The summed E-state index contributed by atoms with van der Waals surface area (Å²) in [5, 5.41) is 2.67. The number of hydrogen-bond acceptors (Lipinski definition) is 1. The zero-order valence-electron chi connectivity index (χ0n) is 8.60. The van der Waals surface area contributed by atoms with Gasteiger partial charge in [0.25, 0.3) is 0 Å². The van der Waals surface area contributed by atoms with Gasteiger partial charge in [-0.25, -0.2) is 4.39 Å². The monoisotopic (exact) mass is 195 g/mol. The van der Waals surface area contributed by atoms with Crippen molar-refractivity contribution in [3.05, 3.63) is 29.6 Å². The van der Waals surface area contributed by atoms with E-state index in [2.05, 4.69) is 5.32 Å². The molecule has 76 valence electrons. The Labute approximate surface area is 83.1 Å². The molecule has 0 bridgehead atoms. The first-order valence-corrected chi connectivity index (χ1v) is 4.58. The van der Waals surface area contributed by atoms with Gasteiger partial charge in [0.2, 0.25) is 5.91 Å². The fourth-order valence-corrected chi connectivity index (χ4v) is 1.02. The summed E-state index contributed by atoms with van der Waals surface area (Å²) in [6.45, 7) is 5.24. The second-order valence-electron chi connectivity index (χ2n) is 3.56. The van der Waals surface area contributed by atoms with Gasteiger partial charge in [-0.15, -0.1) is 0 Å². The molecule has 0 aromatic heterocycles. The van der Waals surface area contributed by atoms with E-state index >= 15 is 0 Å². The van der Waals surface area contributed by atoms with E-state index in [9.17, 15) is 9.18 Å². The van der Waals surface area contributed by atoms with Crippen molar-refractivity contribution in [3.63, 3.8) is 0 Å². The molecule has 1 aromatic rings. The third-order valence-corrected chi connectivity index (χ3v) is 2.05. The average molecular weight is 195 g/mol. The maximum Gasteiger partial charge on any atom is 0.226 e. The molecule has 0 aliphatic carbocycles. The van der Waals surface area contributed by atoms with Crippen molar-refractivity contribution in [1.29, 1.82) is 0 Å². The molecule has 0 fully saturated rings. The van der Waals surface area contributed by atoms with Crippen LogP contribution < -0.4 is 5.32 Å². The predicted molar refractivity (Wildman–Crippen MR) is 54.6 cm³/mol. The van der Waals surface area contributed by atoms with E-state index in [0.717, 1.165) is 0 Å². The number of carbonyl (C=O) groups is 1. The lowest BCUT2D eigenvalue weighted by molar-refractivity contribution is -0.118. The summed E-state index contributed by atoms with van der Waals surface area (Å²) < 4.78 is 13.1. The predicted octanol–water partition coefficient (Wildman–Crippen LogP) is 2.73. The van der Waals surface area contributed by atoms with Gasteiger partial charge >= 0.3 is 0 Å². The number of halogens is 1. The molecule has 0 radical (unpaired) electrons. The summed E-state index contributed by atoms with van der Waals surface area (Å²) in [6, 6.07) is 4.65. The smallest absolute Gasteiger partial charge is 0.226 e. The lowest BCUT2D eigenvalue weighted by Gasteiger charge is -2.10.